The SMILES string of the molecule is NN=Cc1c(OCCOCCOCCOc2cccc(C(=O)c3cccnc3)c2C=NN)cccc1C(=O)c1cccnc1. The van der Waals surface area contributed by atoms with E-state index in [9.17, 15) is 9.59 Å². The Morgan fingerprint density at radius 2 is 1.05 bits per heavy atom. The summed E-state index contributed by atoms with van der Waals surface area (Å²) in [6.07, 6.45) is 8.97. The highest BCUT2D eigenvalue weighted by molar-refractivity contribution is 6.14. The van der Waals surface area contributed by atoms with Crippen molar-refractivity contribution in [1.82, 2.24) is 9.97 Å². The van der Waals surface area contributed by atoms with Gasteiger partial charge in [0, 0.05) is 58.2 Å². The smallest absolute Gasteiger partial charge is 0.195 e. The Morgan fingerprint density at radius 1 is 0.614 bits per heavy atom. The minimum Gasteiger partial charge on any atom is -0.490 e. The van der Waals surface area contributed by atoms with Crippen LogP contribution in [0.1, 0.15) is 43.0 Å². The Kier molecular flexibility index (Phi) is 12.1. The van der Waals surface area contributed by atoms with Crippen molar-refractivity contribution in [2.75, 3.05) is 39.6 Å². The second-order valence-corrected chi connectivity index (χ2v) is 9.05. The second kappa shape index (κ2) is 16.9. The maximum atomic E-state index is 13.0. The first-order valence-electron chi connectivity index (χ1n) is 13.7. The Morgan fingerprint density at radius 3 is 1.43 bits per heavy atom. The molecule has 0 fully saturated rings. The number of nitrogens with two attached hydrogens (primary N) is 2. The number of ether oxygens (including phenoxy) is 4. The number of aromatic nitrogens is 2. The molecule has 12 heteroatoms. The van der Waals surface area contributed by atoms with Gasteiger partial charge < -0.3 is 30.6 Å². The highest BCUT2D eigenvalue weighted by Gasteiger charge is 2.18. The van der Waals surface area contributed by atoms with Gasteiger partial charge in [0.05, 0.1) is 38.9 Å². The van der Waals surface area contributed by atoms with Crippen LogP contribution in [0.2, 0.25) is 0 Å². The van der Waals surface area contributed by atoms with Crippen LogP contribution in [0, 0.1) is 0 Å². The predicted octanol–water partition coefficient (Wildman–Crippen LogP) is 3.01. The van der Waals surface area contributed by atoms with Crippen molar-refractivity contribution in [3.05, 3.63) is 119 Å². The van der Waals surface area contributed by atoms with Gasteiger partial charge in [-0.25, -0.2) is 0 Å². The lowest BCUT2D eigenvalue weighted by Gasteiger charge is -2.13. The Hall–Kier alpha value is -5.46. The van der Waals surface area contributed by atoms with E-state index in [0.29, 0.717) is 71.3 Å². The highest BCUT2D eigenvalue weighted by atomic mass is 16.6. The van der Waals surface area contributed by atoms with E-state index < -0.39 is 0 Å². The van der Waals surface area contributed by atoms with E-state index in [4.69, 9.17) is 30.6 Å². The molecule has 0 aliphatic heterocycles. The summed E-state index contributed by atoms with van der Waals surface area (Å²) < 4.78 is 22.9. The first-order chi connectivity index (χ1) is 21.6. The molecule has 0 atom stereocenters. The first-order valence-corrected chi connectivity index (χ1v) is 13.7. The minimum absolute atomic E-state index is 0.217. The number of pyridine rings is 2. The fourth-order valence-electron chi connectivity index (χ4n) is 4.20. The van der Waals surface area contributed by atoms with Gasteiger partial charge in [0.15, 0.2) is 11.6 Å². The minimum atomic E-state index is -0.217. The molecule has 0 aliphatic carbocycles. The van der Waals surface area contributed by atoms with E-state index in [0.717, 1.165) is 0 Å². The number of hydrogen-bond donors (Lipinski definition) is 2. The Balaban J connectivity index is 1.19. The maximum absolute atomic E-state index is 13.0. The average molecular weight is 597 g/mol. The van der Waals surface area contributed by atoms with Crippen molar-refractivity contribution in [3.63, 3.8) is 0 Å². The maximum Gasteiger partial charge on any atom is 0.195 e. The van der Waals surface area contributed by atoms with Crippen LogP contribution in [0.25, 0.3) is 0 Å². The summed E-state index contributed by atoms with van der Waals surface area (Å²) in [5.74, 6) is 11.3. The van der Waals surface area contributed by atoms with Crippen LogP contribution >= 0.6 is 0 Å². The molecule has 0 spiro atoms. The number of ketones is 2. The quantitative estimate of drug-likeness (QED) is 0.0606. The van der Waals surface area contributed by atoms with Crippen molar-refractivity contribution in [2.24, 2.45) is 21.9 Å². The van der Waals surface area contributed by atoms with Crippen molar-refractivity contribution >= 4 is 24.0 Å². The lowest BCUT2D eigenvalue weighted by molar-refractivity contribution is 0.0273. The van der Waals surface area contributed by atoms with E-state index in [2.05, 4.69) is 20.2 Å². The highest BCUT2D eigenvalue weighted by Crippen LogP contribution is 2.24. The van der Waals surface area contributed by atoms with Crippen LogP contribution in [0.3, 0.4) is 0 Å². The zero-order valence-electron chi connectivity index (χ0n) is 23.9. The summed E-state index contributed by atoms with van der Waals surface area (Å²) in [7, 11) is 0. The average Bonchev–Trinajstić information content (AvgIpc) is 3.07. The number of hydrazone groups is 2. The number of rotatable bonds is 17. The van der Waals surface area contributed by atoms with E-state index in [-0.39, 0.29) is 24.8 Å². The third kappa shape index (κ3) is 8.53. The lowest BCUT2D eigenvalue weighted by atomic mass is 9.99. The normalized spacial score (nSPS) is 11.2. The molecule has 0 saturated heterocycles. The monoisotopic (exact) mass is 596 g/mol. The van der Waals surface area contributed by atoms with E-state index in [1.54, 1.807) is 73.1 Å². The molecule has 4 rings (SSSR count). The standard InChI is InChI=1S/C32H32N6O6/c33-37-21-27-25(31(39)23-5-3-11-35-19-23)7-1-9-29(27)43-17-15-41-13-14-42-16-18-44-30-10-2-8-26(28(30)22-38-34)32(40)24-6-4-12-36-20-24/h1-12,19-22H,13-18,33-34H2. The first kappa shape index (κ1) is 31.5. The molecule has 12 nitrogen and oxygen atoms in total. The van der Waals surface area contributed by atoms with E-state index >= 15 is 0 Å². The predicted molar refractivity (Wildman–Crippen MR) is 164 cm³/mol. The van der Waals surface area contributed by atoms with Gasteiger partial charge in [0.1, 0.15) is 24.7 Å². The van der Waals surface area contributed by atoms with Crippen LogP contribution in [0.4, 0.5) is 0 Å². The summed E-state index contributed by atoms with van der Waals surface area (Å²) >= 11 is 0. The molecule has 0 bridgehead atoms. The molecule has 4 N–H and O–H groups in total. The molecule has 2 aromatic heterocycles. The van der Waals surface area contributed by atoms with Crippen LogP contribution in [0.5, 0.6) is 11.5 Å². The van der Waals surface area contributed by atoms with Gasteiger partial charge in [-0.3, -0.25) is 19.6 Å². The van der Waals surface area contributed by atoms with Crippen LogP contribution in [-0.2, 0) is 9.47 Å². The lowest BCUT2D eigenvalue weighted by Crippen LogP contribution is -2.15. The molecule has 4 aromatic rings. The summed E-state index contributed by atoms with van der Waals surface area (Å²) in [4.78, 5) is 33.9. The largest absolute Gasteiger partial charge is 0.490 e. The second-order valence-electron chi connectivity index (χ2n) is 9.05. The summed E-state index contributed by atoms with van der Waals surface area (Å²) in [5, 5.41) is 7.19. The topological polar surface area (TPSA) is 174 Å². The van der Waals surface area contributed by atoms with Gasteiger partial charge in [0.2, 0.25) is 0 Å². The summed E-state index contributed by atoms with van der Waals surface area (Å²) in [6.45, 7) is 1.72. The Labute approximate surface area is 254 Å². The molecule has 2 heterocycles. The number of carbonyl (C=O) groups is 2. The summed E-state index contributed by atoms with van der Waals surface area (Å²) in [5.41, 5.74) is 2.63. The molecule has 2 aromatic carbocycles. The van der Waals surface area contributed by atoms with Gasteiger partial charge in [-0.2, -0.15) is 10.2 Å². The van der Waals surface area contributed by atoms with Crippen molar-refractivity contribution < 1.29 is 28.5 Å². The molecule has 0 saturated carbocycles. The number of carbonyl (C=O) groups excluding carboxylic acids is 2. The van der Waals surface area contributed by atoms with E-state index in [1.807, 2.05) is 0 Å². The summed E-state index contributed by atoms with van der Waals surface area (Å²) in [6, 6.07) is 17.0. The zero-order valence-corrected chi connectivity index (χ0v) is 23.9. The third-order valence-corrected chi connectivity index (χ3v) is 6.22. The molecule has 0 amide bonds. The molecule has 0 radical (unpaired) electrons. The number of nitrogens with zero attached hydrogens (tertiary/aromatic N) is 4. The van der Waals surface area contributed by atoms with E-state index in [1.165, 1.54) is 24.8 Å². The van der Waals surface area contributed by atoms with Gasteiger partial charge in [-0.05, 0) is 36.4 Å². The van der Waals surface area contributed by atoms with Crippen LogP contribution in [-0.4, -0.2) is 73.6 Å². The fraction of sp³-hybridized carbons (Fsp3) is 0.188. The van der Waals surface area contributed by atoms with Gasteiger partial charge in [0.25, 0.3) is 0 Å². The molecular weight excluding hydrogens is 564 g/mol. The van der Waals surface area contributed by atoms with Gasteiger partial charge >= 0.3 is 0 Å². The molecule has 226 valence electrons. The third-order valence-electron chi connectivity index (χ3n) is 6.22. The van der Waals surface area contributed by atoms with Gasteiger partial charge in [-0.1, -0.05) is 24.3 Å². The van der Waals surface area contributed by atoms with Crippen LogP contribution in [0.15, 0.2) is 95.7 Å². The van der Waals surface area contributed by atoms with Crippen molar-refractivity contribution in [1.29, 1.82) is 0 Å². The molecule has 0 aliphatic rings. The van der Waals surface area contributed by atoms with Crippen molar-refractivity contribution in [2.45, 2.75) is 0 Å². The van der Waals surface area contributed by atoms with Crippen LogP contribution < -0.4 is 21.2 Å². The van der Waals surface area contributed by atoms with Crippen molar-refractivity contribution in [3.8, 4) is 11.5 Å². The molecular formula is C32H32N6O6. The molecule has 44 heavy (non-hydrogen) atoms. The van der Waals surface area contributed by atoms with Gasteiger partial charge in [-0.15, -0.1) is 0 Å². The number of benzene rings is 2. The molecule has 0 unspecified atom stereocenters. The zero-order chi connectivity index (χ0) is 31.0. The number of hydrogen-bond acceptors (Lipinski definition) is 12. The Bertz CT molecular complexity index is 1460. The fourth-order valence-corrected chi connectivity index (χ4v) is 4.20.